The van der Waals surface area contributed by atoms with E-state index in [1.807, 2.05) is 36.4 Å². The molecule has 1 aliphatic heterocycles. The molecular formula is C18H12BrNO3. The van der Waals surface area contributed by atoms with Crippen LogP contribution in [-0.4, -0.2) is 5.91 Å². The first-order valence-corrected chi connectivity index (χ1v) is 8.04. The van der Waals surface area contributed by atoms with Gasteiger partial charge in [-0.2, -0.15) is 0 Å². The number of benzene rings is 2. The van der Waals surface area contributed by atoms with Gasteiger partial charge in [0.1, 0.15) is 5.58 Å². The molecule has 3 aromatic rings. The molecule has 0 radical (unpaired) electrons. The van der Waals surface area contributed by atoms with Crippen molar-refractivity contribution in [2.24, 2.45) is 0 Å². The molecule has 1 N–H and O–H groups in total. The SMILES string of the molecule is O=C1CC(c2ccc(Br)cc2)c2c(c3ccccc3oc2=O)N1. The maximum absolute atomic E-state index is 12.5. The van der Waals surface area contributed by atoms with Crippen LogP contribution in [0.4, 0.5) is 5.69 Å². The molecule has 0 saturated carbocycles. The van der Waals surface area contributed by atoms with Crippen LogP contribution in [0.2, 0.25) is 0 Å². The van der Waals surface area contributed by atoms with Crippen LogP contribution < -0.4 is 10.9 Å². The van der Waals surface area contributed by atoms with Crippen LogP contribution >= 0.6 is 15.9 Å². The van der Waals surface area contributed by atoms with E-state index in [1.165, 1.54) is 0 Å². The molecule has 23 heavy (non-hydrogen) atoms. The Bertz CT molecular complexity index is 976. The highest BCUT2D eigenvalue weighted by Gasteiger charge is 2.31. The minimum atomic E-state index is -0.397. The first-order chi connectivity index (χ1) is 11.1. The first-order valence-electron chi connectivity index (χ1n) is 7.24. The van der Waals surface area contributed by atoms with Crippen molar-refractivity contribution in [1.29, 1.82) is 0 Å². The number of amides is 1. The number of carbonyl (C=O) groups is 1. The fourth-order valence-corrected chi connectivity index (χ4v) is 3.34. The van der Waals surface area contributed by atoms with Crippen molar-refractivity contribution in [2.45, 2.75) is 12.3 Å². The van der Waals surface area contributed by atoms with E-state index in [9.17, 15) is 9.59 Å². The Morgan fingerprint density at radius 3 is 2.57 bits per heavy atom. The summed E-state index contributed by atoms with van der Waals surface area (Å²) in [5.41, 5.74) is 2.10. The van der Waals surface area contributed by atoms with Crippen molar-refractivity contribution in [1.82, 2.24) is 0 Å². The lowest BCUT2D eigenvalue weighted by atomic mass is 9.85. The van der Waals surface area contributed by atoms with E-state index < -0.39 is 5.63 Å². The fourth-order valence-electron chi connectivity index (χ4n) is 3.07. The summed E-state index contributed by atoms with van der Waals surface area (Å²) >= 11 is 3.40. The Morgan fingerprint density at radius 1 is 1.04 bits per heavy atom. The second kappa shape index (κ2) is 5.35. The highest BCUT2D eigenvalue weighted by molar-refractivity contribution is 9.10. The van der Waals surface area contributed by atoms with E-state index in [0.717, 1.165) is 15.4 Å². The molecule has 2 heterocycles. The number of hydrogen-bond acceptors (Lipinski definition) is 3. The number of hydrogen-bond donors (Lipinski definition) is 1. The molecule has 0 bridgehead atoms. The van der Waals surface area contributed by atoms with Crippen molar-refractivity contribution in [3.05, 3.63) is 74.6 Å². The fraction of sp³-hybridized carbons (Fsp3) is 0.111. The Morgan fingerprint density at radius 2 is 1.78 bits per heavy atom. The van der Waals surface area contributed by atoms with Gasteiger partial charge in [0, 0.05) is 22.2 Å². The average molecular weight is 370 g/mol. The smallest absolute Gasteiger partial charge is 0.342 e. The predicted molar refractivity (Wildman–Crippen MR) is 91.7 cm³/mol. The number of fused-ring (bicyclic) bond motifs is 3. The molecule has 5 heteroatoms. The molecule has 2 aromatic carbocycles. The third kappa shape index (κ3) is 2.37. The van der Waals surface area contributed by atoms with Crippen LogP contribution in [0.3, 0.4) is 0 Å². The zero-order valence-electron chi connectivity index (χ0n) is 12.0. The Balaban J connectivity index is 2.00. The summed E-state index contributed by atoms with van der Waals surface area (Å²) < 4.78 is 6.41. The standard InChI is InChI=1S/C18H12BrNO3/c19-11-7-5-10(6-8-11)13-9-15(21)20-17-12-3-1-2-4-14(12)23-18(22)16(13)17/h1-8,13H,9H2,(H,20,21). The van der Waals surface area contributed by atoms with Crippen molar-refractivity contribution in [2.75, 3.05) is 5.32 Å². The number of anilines is 1. The molecular weight excluding hydrogens is 358 g/mol. The normalized spacial score (nSPS) is 16.9. The number of rotatable bonds is 1. The van der Waals surface area contributed by atoms with Gasteiger partial charge < -0.3 is 9.73 Å². The zero-order chi connectivity index (χ0) is 16.0. The van der Waals surface area contributed by atoms with Crippen LogP contribution in [0.1, 0.15) is 23.5 Å². The minimum absolute atomic E-state index is 0.0961. The number of para-hydroxylation sites is 1. The van der Waals surface area contributed by atoms with Crippen LogP contribution in [0.5, 0.6) is 0 Å². The van der Waals surface area contributed by atoms with Gasteiger partial charge in [0.25, 0.3) is 0 Å². The average Bonchev–Trinajstić information content (AvgIpc) is 2.55. The van der Waals surface area contributed by atoms with E-state index in [1.54, 1.807) is 12.1 Å². The van der Waals surface area contributed by atoms with Crippen LogP contribution in [0.15, 0.2) is 62.2 Å². The third-order valence-electron chi connectivity index (χ3n) is 4.12. The molecule has 1 atom stereocenters. The van der Waals surface area contributed by atoms with Crippen molar-refractivity contribution < 1.29 is 9.21 Å². The van der Waals surface area contributed by atoms with Gasteiger partial charge in [0.05, 0.1) is 11.3 Å². The van der Waals surface area contributed by atoms with Crippen molar-refractivity contribution in [3.8, 4) is 0 Å². The number of carbonyl (C=O) groups excluding carboxylic acids is 1. The summed E-state index contributed by atoms with van der Waals surface area (Å²) in [7, 11) is 0. The molecule has 1 aliphatic rings. The highest BCUT2D eigenvalue weighted by atomic mass is 79.9. The topological polar surface area (TPSA) is 59.3 Å². The van der Waals surface area contributed by atoms with E-state index in [-0.39, 0.29) is 18.2 Å². The maximum atomic E-state index is 12.5. The molecule has 0 aliphatic carbocycles. The van der Waals surface area contributed by atoms with Gasteiger partial charge in [-0.15, -0.1) is 0 Å². The van der Waals surface area contributed by atoms with Gasteiger partial charge in [-0.1, -0.05) is 40.2 Å². The predicted octanol–water partition coefficient (Wildman–Crippen LogP) is 4.03. The second-order valence-electron chi connectivity index (χ2n) is 5.53. The molecule has 0 saturated heterocycles. The molecule has 1 amide bonds. The van der Waals surface area contributed by atoms with E-state index in [2.05, 4.69) is 21.2 Å². The van der Waals surface area contributed by atoms with Crippen molar-refractivity contribution in [3.63, 3.8) is 0 Å². The van der Waals surface area contributed by atoms with Gasteiger partial charge in [-0.25, -0.2) is 4.79 Å². The van der Waals surface area contributed by atoms with Crippen molar-refractivity contribution >= 4 is 38.5 Å². The summed E-state index contributed by atoms with van der Waals surface area (Å²) in [6.07, 6.45) is 0.234. The first kappa shape index (κ1) is 14.2. The Kier molecular flexibility index (Phi) is 3.31. The maximum Gasteiger partial charge on any atom is 0.342 e. The monoisotopic (exact) mass is 369 g/mol. The highest BCUT2D eigenvalue weighted by Crippen LogP contribution is 2.38. The zero-order valence-corrected chi connectivity index (χ0v) is 13.6. The third-order valence-corrected chi connectivity index (χ3v) is 4.65. The number of halogens is 1. The summed E-state index contributed by atoms with van der Waals surface area (Å²) in [5.74, 6) is -0.395. The van der Waals surface area contributed by atoms with Gasteiger partial charge in [0.2, 0.25) is 5.91 Å². The molecule has 0 fully saturated rings. The lowest BCUT2D eigenvalue weighted by Crippen LogP contribution is -2.28. The molecule has 4 nitrogen and oxygen atoms in total. The van der Waals surface area contributed by atoms with Crippen LogP contribution in [0, 0.1) is 0 Å². The van der Waals surface area contributed by atoms with Gasteiger partial charge >= 0.3 is 5.63 Å². The number of nitrogens with one attached hydrogen (secondary N) is 1. The van der Waals surface area contributed by atoms with Crippen LogP contribution in [0.25, 0.3) is 11.0 Å². The quantitative estimate of drug-likeness (QED) is 0.658. The molecule has 1 aromatic heterocycles. The second-order valence-corrected chi connectivity index (χ2v) is 6.45. The van der Waals surface area contributed by atoms with E-state index in [4.69, 9.17) is 4.42 Å². The summed E-state index contributed by atoms with van der Waals surface area (Å²) in [6, 6.07) is 14.9. The lowest BCUT2D eigenvalue weighted by molar-refractivity contribution is -0.116. The van der Waals surface area contributed by atoms with E-state index in [0.29, 0.717) is 16.8 Å². The van der Waals surface area contributed by atoms with E-state index >= 15 is 0 Å². The Hall–Kier alpha value is -2.40. The van der Waals surface area contributed by atoms with Gasteiger partial charge in [-0.05, 0) is 29.8 Å². The lowest BCUT2D eigenvalue weighted by Gasteiger charge is -2.25. The van der Waals surface area contributed by atoms with Gasteiger partial charge in [0.15, 0.2) is 0 Å². The summed E-state index contributed by atoms with van der Waals surface area (Å²) in [4.78, 5) is 24.7. The summed E-state index contributed by atoms with van der Waals surface area (Å²) in [5, 5.41) is 3.59. The molecule has 114 valence electrons. The largest absolute Gasteiger partial charge is 0.422 e. The minimum Gasteiger partial charge on any atom is -0.422 e. The Labute approximate surface area is 140 Å². The summed E-state index contributed by atoms with van der Waals surface area (Å²) in [6.45, 7) is 0. The molecule has 4 rings (SSSR count). The van der Waals surface area contributed by atoms with Gasteiger partial charge in [-0.3, -0.25) is 4.79 Å². The molecule has 0 spiro atoms. The molecule has 1 unspecified atom stereocenters. The van der Waals surface area contributed by atoms with Crippen LogP contribution in [-0.2, 0) is 4.79 Å².